The average molecular weight is 242 g/mol. The highest BCUT2D eigenvalue weighted by molar-refractivity contribution is 5.77. The quantitative estimate of drug-likeness (QED) is 0.655. The molecule has 0 spiro atoms. The Morgan fingerprint density at radius 1 is 1.35 bits per heavy atom. The molecular formula is C13H26N2O2. The molecule has 17 heavy (non-hydrogen) atoms. The molecule has 1 fully saturated rings. The van der Waals surface area contributed by atoms with Gasteiger partial charge in [-0.05, 0) is 38.3 Å². The van der Waals surface area contributed by atoms with Gasteiger partial charge >= 0.3 is 0 Å². The average Bonchev–Trinajstić information content (AvgIpc) is 2.36. The normalized spacial score (nSPS) is 18.2. The van der Waals surface area contributed by atoms with Crippen molar-refractivity contribution in [1.29, 1.82) is 0 Å². The Labute approximate surface area is 104 Å². The number of aliphatic hydroxyl groups is 1. The first-order chi connectivity index (χ1) is 8.26. The summed E-state index contributed by atoms with van der Waals surface area (Å²) in [6.45, 7) is 5.65. The first kappa shape index (κ1) is 14.5. The number of hydrogen-bond acceptors (Lipinski definition) is 3. The van der Waals surface area contributed by atoms with Crippen LogP contribution in [0.3, 0.4) is 0 Å². The van der Waals surface area contributed by atoms with Gasteiger partial charge in [-0.3, -0.25) is 9.69 Å². The van der Waals surface area contributed by atoms with Crippen LogP contribution < -0.4 is 5.32 Å². The summed E-state index contributed by atoms with van der Waals surface area (Å²) >= 11 is 0. The fourth-order valence-electron chi connectivity index (χ4n) is 2.19. The lowest BCUT2D eigenvalue weighted by Crippen LogP contribution is -2.42. The van der Waals surface area contributed by atoms with Crippen molar-refractivity contribution in [2.75, 3.05) is 32.8 Å². The van der Waals surface area contributed by atoms with Gasteiger partial charge in [-0.15, -0.1) is 0 Å². The highest BCUT2D eigenvalue weighted by atomic mass is 16.3. The van der Waals surface area contributed by atoms with Crippen LogP contribution in [0.1, 0.15) is 39.0 Å². The minimum Gasteiger partial charge on any atom is -0.396 e. The van der Waals surface area contributed by atoms with Crippen molar-refractivity contribution in [2.45, 2.75) is 39.0 Å². The summed E-state index contributed by atoms with van der Waals surface area (Å²) in [4.78, 5) is 13.8. The number of nitrogens with zero attached hydrogens (tertiary/aromatic N) is 1. The SMILES string of the molecule is CCCCCNC(=O)CN1CCC(CO)CC1. The monoisotopic (exact) mass is 242 g/mol. The number of amides is 1. The number of aliphatic hydroxyl groups excluding tert-OH is 1. The van der Waals surface area contributed by atoms with Crippen molar-refractivity contribution in [2.24, 2.45) is 5.92 Å². The maximum absolute atomic E-state index is 11.6. The third kappa shape index (κ3) is 6.03. The molecule has 0 aliphatic carbocycles. The van der Waals surface area contributed by atoms with Crippen LogP contribution in [0.2, 0.25) is 0 Å². The van der Waals surface area contributed by atoms with E-state index in [0.29, 0.717) is 12.5 Å². The standard InChI is InChI=1S/C13H26N2O2/c1-2-3-4-7-14-13(17)10-15-8-5-12(11-16)6-9-15/h12,16H,2-11H2,1H3,(H,14,17). The summed E-state index contributed by atoms with van der Waals surface area (Å²) < 4.78 is 0. The van der Waals surface area contributed by atoms with E-state index >= 15 is 0 Å². The van der Waals surface area contributed by atoms with Gasteiger partial charge in [-0.25, -0.2) is 0 Å². The summed E-state index contributed by atoms with van der Waals surface area (Å²) in [6.07, 6.45) is 5.47. The van der Waals surface area contributed by atoms with Crippen LogP contribution in [-0.2, 0) is 4.79 Å². The van der Waals surface area contributed by atoms with Crippen LogP contribution in [0.5, 0.6) is 0 Å². The molecule has 4 nitrogen and oxygen atoms in total. The van der Waals surface area contributed by atoms with Crippen LogP contribution in [-0.4, -0.2) is 48.7 Å². The molecule has 0 bridgehead atoms. The molecule has 4 heteroatoms. The zero-order valence-corrected chi connectivity index (χ0v) is 11.0. The number of carbonyl (C=O) groups is 1. The van der Waals surface area contributed by atoms with E-state index in [9.17, 15) is 4.79 Å². The van der Waals surface area contributed by atoms with Gasteiger partial charge in [0.15, 0.2) is 0 Å². The molecule has 1 aliphatic heterocycles. The molecule has 0 radical (unpaired) electrons. The van der Waals surface area contributed by atoms with Gasteiger partial charge < -0.3 is 10.4 Å². The fraction of sp³-hybridized carbons (Fsp3) is 0.923. The third-order valence-corrected chi connectivity index (χ3v) is 3.44. The molecule has 0 saturated carbocycles. The van der Waals surface area contributed by atoms with Crippen LogP contribution in [0.15, 0.2) is 0 Å². The molecule has 0 unspecified atom stereocenters. The summed E-state index contributed by atoms with van der Waals surface area (Å²) in [5, 5.41) is 12.0. The molecule has 0 aromatic carbocycles. The molecule has 2 N–H and O–H groups in total. The van der Waals surface area contributed by atoms with Crippen LogP contribution in [0.25, 0.3) is 0 Å². The molecule has 0 aromatic heterocycles. The highest BCUT2D eigenvalue weighted by Crippen LogP contribution is 2.15. The van der Waals surface area contributed by atoms with E-state index in [2.05, 4.69) is 17.1 Å². The Morgan fingerprint density at radius 2 is 2.06 bits per heavy atom. The third-order valence-electron chi connectivity index (χ3n) is 3.44. The Bertz CT molecular complexity index is 213. The molecule has 0 atom stereocenters. The van der Waals surface area contributed by atoms with Crippen LogP contribution >= 0.6 is 0 Å². The lowest BCUT2D eigenvalue weighted by molar-refractivity contribution is -0.122. The second-order valence-electron chi connectivity index (χ2n) is 4.96. The Hall–Kier alpha value is -0.610. The number of hydrogen-bond donors (Lipinski definition) is 2. The van der Waals surface area contributed by atoms with Crippen molar-refractivity contribution >= 4 is 5.91 Å². The summed E-state index contributed by atoms with van der Waals surface area (Å²) in [7, 11) is 0. The van der Waals surface area contributed by atoms with Gasteiger partial charge in [0, 0.05) is 13.2 Å². The summed E-state index contributed by atoms with van der Waals surface area (Å²) in [5.74, 6) is 0.586. The largest absolute Gasteiger partial charge is 0.396 e. The van der Waals surface area contributed by atoms with Crippen LogP contribution in [0, 0.1) is 5.92 Å². The molecule has 1 amide bonds. The summed E-state index contributed by atoms with van der Waals surface area (Å²) in [6, 6.07) is 0. The number of unbranched alkanes of at least 4 members (excludes halogenated alkanes) is 2. The van der Waals surface area contributed by atoms with E-state index in [0.717, 1.165) is 38.9 Å². The van der Waals surface area contributed by atoms with E-state index in [-0.39, 0.29) is 12.5 Å². The number of likely N-dealkylation sites (tertiary alicyclic amines) is 1. The Kier molecular flexibility index (Phi) is 7.21. The van der Waals surface area contributed by atoms with E-state index in [4.69, 9.17) is 5.11 Å². The predicted molar refractivity (Wildman–Crippen MR) is 68.8 cm³/mol. The molecule has 1 rings (SSSR count). The van der Waals surface area contributed by atoms with Crippen molar-refractivity contribution in [3.05, 3.63) is 0 Å². The molecule has 0 aromatic rings. The second-order valence-corrected chi connectivity index (χ2v) is 4.96. The minimum absolute atomic E-state index is 0.142. The summed E-state index contributed by atoms with van der Waals surface area (Å²) in [5.41, 5.74) is 0. The maximum atomic E-state index is 11.6. The van der Waals surface area contributed by atoms with Gasteiger partial charge in [-0.1, -0.05) is 19.8 Å². The molecule has 1 aliphatic rings. The number of piperidine rings is 1. The topological polar surface area (TPSA) is 52.6 Å². The van der Waals surface area contributed by atoms with E-state index in [1.807, 2.05) is 0 Å². The Balaban J connectivity index is 2.06. The fourth-order valence-corrected chi connectivity index (χ4v) is 2.19. The lowest BCUT2D eigenvalue weighted by atomic mass is 9.98. The van der Waals surface area contributed by atoms with E-state index in [1.165, 1.54) is 12.8 Å². The molecule has 1 heterocycles. The van der Waals surface area contributed by atoms with Gasteiger partial charge in [0.25, 0.3) is 0 Å². The smallest absolute Gasteiger partial charge is 0.234 e. The highest BCUT2D eigenvalue weighted by Gasteiger charge is 2.19. The first-order valence-electron chi connectivity index (χ1n) is 6.86. The van der Waals surface area contributed by atoms with Gasteiger partial charge in [-0.2, -0.15) is 0 Å². The zero-order chi connectivity index (χ0) is 12.5. The van der Waals surface area contributed by atoms with Crippen molar-refractivity contribution in [3.8, 4) is 0 Å². The first-order valence-corrected chi connectivity index (χ1v) is 6.86. The van der Waals surface area contributed by atoms with Gasteiger partial charge in [0.2, 0.25) is 5.91 Å². The molecule has 100 valence electrons. The van der Waals surface area contributed by atoms with Gasteiger partial charge in [0.05, 0.1) is 6.54 Å². The number of rotatable bonds is 7. The zero-order valence-electron chi connectivity index (χ0n) is 11.0. The van der Waals surface area contributed by atoms with E-state index < -0.39 is 0 Å². The second kappa shape index (κ2) is 8.48. The number of carbonyl (C=O) groups excluding carboxylic acids is 1. The van der Waals surface area contributed by atoms with Crippen molar-refractivity contribution < 1.29 is 9.90 Å². The van der Waals surface area contributed by atoms with Crippen molar-refractivity contribution in [1.82, 2.24) is 10.2 Å². The van der Waals surface area contributed by atoms with Crippen LogP contribution in [0.4, 0.5) is 0 Å². The van der Waals surface area contributed by atoms with E-state index in [1.54, 1.807) is 0 Å². The minimum atomic E-state index is 0.142. The molecule has 1 saturated heterocycles. The Morgan fingerprint density at radius 3 is 2.65 bits per heavy atom. The lowest BCUT2D eigenvalue weighted by Gasteiger charge is -2.30. The van der Waals surface area contributed by atoms with Crippen molar-refractivity contribution in [3.63, 3.8) is 0 Å². The molecular weight excluding hydrogens is 216 g/mol. The van der Waals surface area contributed by atoms with Gasteiger partial charge in [0.1, 0.15) is 0 Å². The maximum Gasteiger partial charge on any atom is 0.234 e. The number of nitrogens with one attached hydrogen (secondary N) is 1. The predicted octanol–water partition coefficient (Wildman–Crippen LogP) is 0.997.